The van der Waals surface area contributed by atoms with Crippen LogP contribution in [0.4, 0.5) is 11.4 Å². The van der Waals surface area contributed by atoms with E-state index in [1.807, 2.05) is 19.1 Å². The van der Waals surface area contributed by atoms with Crippen LogP contribution < -0.4 is 4.90 Å². The summed E-state index contributed by atoms with van der Waals surface area (Å²) < 4.78 is 10.2. The Morgan fingerprint density at radius 1 is 1.33 bits per heavy atom. The summed E-state index contributed by atoms with van der Waals surface area (Å²) in [5.74, 6) is -0.0879. The molecule has 0 spiro atoms. The van der Waals surface area contributed by atoms with Crippen LogP contribution in [0.25, 0.3) is 0 Å². The summed E-state index contributed by atoms with van der Waals surface area (Å²) >= 11 is 0. The number of carbonyl (C=O) groups is 1. The molecule has 0 saturated carbocycles. The van der Waals surface area contributed by atoms with Gasteiger partial charge in [0.15, 0.2) is 0 Å². The van der Waals surface area contributed by atoms with Crippen LogP contribution in [0.15, 0.2) is 18.2 Å². The first-order valence-corrected chi connectivity index (χ1v) is 9.53. The molecule has 0 unspecified atom stereocenters. The number of hydrogen-bond acceptors (Lipinski definition) is 6. The Balaban J connectivity index is 2.37. The van der Waals surface area contributed by atoms with E-state index in [1.54, 1.807) is 6.07 Å². The average Bonchev–Trinajstić information content (AvgIpc) is 2.66. The third-order valence-electron chi connectivity index (χ3n) is 4.97. The Morgan fingerprint density at radius 3 is 2.56 bits per heavy atom. The summed E-state index contributed by atoms with van der Waals surface area (Å²) in [4.78, 5) is 25.2. The zero-order chi connectivity index (χ0) is 20.0. The normalized spacial score (nSPS) is 16.2. The van der Waals surface area contributed by atoms with Crippen molar-refractivity contribution in [2.75, 3.05) is 31.8 Å². The largest absolute Gasteiger partial charge is 0.469 e. The Hall–Kier alpha value is -2.15. The smallest absolute Gasteiger partial charge is 0.306 e. The molecule has 27 heavy (non-hydrogen) atoms. The number of carbonyl (C=O) groups excluding carboxylic acids is 1. The van der Waals surface area contributed by atoms with Crippen molar-refractivity contribution in [2.45, 2.75) is 52.0 Å². The Morgan fingerprint density at radius 2 is 2.00 bits per heavy atom. The van der Waals surface area contributed by atoms with Crippen molar-refractivity contribution < 1.29 is 19.2 Å². The molecule has 150 valence electrons. The predicted molar refractivity (Wildman–Crippen MR) is 104 cm³/mol. The van der Waals surface area contributed by atoms with E-state index in [-0.39, 0.29) is 35.0 Å². The SMILES string of the molecule is COC(=O)C[C@@H](C)c1ccc(N(CC(C)C)C2CCOCC2)c([N+](=O)[O-])c1. The number of methoxy groups -OCH3 is 1. The van der Waals surface area contributed by atoms with E-state index in [0.717, 1.165) is 24.9 Å². The number of ether oxygens (including phenoxy) is 2. The first-order valence-electron chi connectivity index (χ1n) is 9.53. The van der Waals surface area contributed by atoms with E-state index in [1.165, 1.54) is 7.11 Å². The fraction of sp³-hybridized carbons (Fsp3) is 0.650. The van der Waals surface area contributed by atoms with Crippen LogP contribution in [0.3, 0.4) is 0 Å². The molecule has 7 heteroatoms. The second-order valence-corrected chi connectivity index (χ2v) is 7.58. The van der Waals surface area contributed by atoms with Crippen LogP contribution in [-0.2, 0) is 14.3 Å². The van der Waals surface area contributed by atoms with E-state index in [9.17, 15) is 14.9 Å². The molecule has 0 amide bonds. The molecule has 2 rings (SSSR count). The van der Waals surface area contributed by atoms with Crippen molar-refractivity contribution in [3.63, 3.8) is 0 Å². The molecule has 1 aliphatic heterocycles. The highest BCUT2D eigenvalue weighted by Crippen LogP contribution is 2.35. The van der Waals surface area contributed by atoms with Gasteiger partial charge in [-0.2, -0.15) is 0 Å². The highest BCUT2D eigenvalue weighted by atomic mass is 16.6. The van der Waals surface area contributed by atoms with Gasteiger partial charge in [-0.25, -0.2) is 0 Å². The molecule has 7 nitrogen and oxygen atoms in total. The third-order valence-corrected chi connectivity index (χ3v) is 4.97. The number of nitrogens with zero attached hydrogens (tertiary/aromatic N) is 2. The number of anilines is 1. The van der Waals surface area contributed by atoms with Crippen molar-refractivity contribution in [1.29, 1.82) is 0 Å². The van der Waals surface area contributed by atoms with Crippen LogP contribution >= 0.6 is 0 Å². The maximum atomic E-state index is 11.8. The standard InChI is InChI=1S/C20H30N2O5/c1-14(2)13-21(17-7-9-27-10-8-17)18-6-5-16(12-19(18)22(24)25)15(3)11-20(23)26-4/h5-6,12,14-15,17H,7-11,13H2,1-4H3/t15-/m1/s1. The highest BCUT2D eigenvalue weighted by molar-refractivity contribution is 5.71. The Bertz CT molecular complexity index is 656. The lowest BCUT2D eigenvalue weighted by Crippen LogP contribution is -2.42. The van der Waals surface area contributed by atoms with E-state index < -0.39 is 0 Å². The highest BCUT2D eigenvalue weighted by Gasteiger charge is 2.28. The lowest BCUT2D eigenvalue weighted by Gasteiger charge is -2.37. The molecule has 1 aromatic carbocycles. The predicted octanol–water partition coefficient (Wildman–Crippen LogP) is 3.90. The van der Waals surface area contributed by atoms with Gasteiger partial charge in [0.25, 0.3) is 5.69 Å². The quantitative estimate of drug-likeness (QED) is 0.388. The first-order chi connectivity index (χ1) is 12.8. The molecule has 1 saturated heterocycles. The molecule has 1 aromatic rings. The molecule has 0 N–H and O–H groups in total. The summed E-state index contributed by atoms with van der Waals surface area (Å²) in [5, 5.41) is 11.8. The molecule has 1 fully saturated rings. The summed E-state index contributed by atoms with van der Waals surface area (Å²) in [7, 11) is 1.35. The van der Waals surface area contributed by atoms with Gasteiger partial charge in [0.1, 0.15) is 5.69 Å². The maximum Gasteiger partial charge on any atom is 0.306 e. The number of nitro benzene ring substituents is 1. The zero-order valence-corrected chi connectivity index (χ0v) is 16.6. The molecule has 1 aliphatic rings. The summed E-state index contributed by atoms with van der Waals surface area (Å²) in [6.07, 6.45) is 1.93. The molecule has 1 atom stereocenters. The van der Waals surface area contributed by atoms with Gasteiger partial charge in [0, 0.05) is 31.9 Å². The van der Waals surface area contributed by atoms with Gasteiger partial charge >= 0.3 is 5.97 Å². The maximum absolute atomic E-state index is 11.8. The summed E-state index contributed by atoms with van der Waals surface area (Å²) in [6.45, 7) is 8.22. The summed E-state index contributed by atoms with van der Waals surface area (Å²) in [5.41, 5.74) is 1.51. The van der Waals surface area contributed by atoms with Crippen molar-refractivity contribution in [1.82, 2.24) is 0 Å². The first kappa shape index (κ1) is 21.2. The second-order valence-electron chi connectivity index (χ2n) is 7.58. The molecular weight excluding hydrogens is 348 g/mol. The number of benzene rings is 1. The van der Waals surface area contributed by atoms with Crippen molar-refractivity contribution >= 4 is 17.3 Å². The molecule has 0 aliphatic carbocycles. The molecule has 1 heterocycles. The minimum absolute atomic E-state index is 0.0938. The minimum Gasteiger partial charge on any atom is -0.469 e. The second kappa shape index (κ2) is 9.69. The monoisotopic (exact) mass is 378 g/mol. The molecule has 0 aromatic heterocycles. The van der Waals surface area contributed by atoms with E-state index in [2.05, 4.69) is 18.7 Å². The van der Waals surface area contributed by atoms with Gasteiger partial charge < -0.3 is 14.4 Å². The Kier molecular flexibility index (Phi) is 7.59. The number of nitro groups is 1. The van der Waals surface area contributed by atoms with Crippen LogP contribution in [0.1, 0.15) is 51.5 Å². The fourth-order valence-electron chi connectivity index (χ4n) is 3.52. The fourth-order valence-corrected chi connectivity index (χ4v) is 3.52. The van der Waals surface area contributed by atoms with E-state index >= 15 is 0 Å². The van der Waals surface area contributed by atoms with Gasteiger partial charge in [-0.05, 0) is 36.3 Å². The van der Waals surface area contributed by atoms with Crippen LogP contribution in [-0.4, -0.2) is 43.8 Å². The minimum atomic E-state index is -0.323. The van der Waals surface area contributed by atoms with E-state index in [4.69, 9.17) is 9.47 Å². The zero-order valence-electron chi connectivity index (χ0n) is 16.6. The van der Waals surface area contributed by atoms with Crippen LogP contribution in [0.5, 0.6) is 0 Å². The lowest BCUT2D eigenvalue weighted by atomic mass is 9.96. The van der Waals surface area contributed by atoms with Gasteiger partial charge in [-0.1, -0.05) is 26.8 Å². The number of hydrogen-bond donors (Lipinski definition) is 0. The summed E-state index contributed by atoms with van der Waals surface area (Å²) in [6, 6.07) is 5.57. The van der Waals surface area contributed by atoms with Crippen molar-refractivity contribution in [3.05, 3.63) is 33.9 Å². The van der Waals surface area contributed by atoms with Crippen molar-refractivity contribution in [2.24, 2.45) is 5.92 Å². The van der Waals surface area contributed by atoms with Gasteiger partial charge in [0.05, 0.1) is 18.5 Å². The molecule has 0 bridgehead atoms. The molecular formula is C20H30N2O5. The third kappa shape index (κ3) is 5.66. The van der Waals surface area contributed by atoms with Crippen LogP contribution in [0, 0.1) is 16.0 Å². The molecule has 0 radical (unpaired) electrons. The van der Waals surface area contributed by atoms with Crippen molar-refractivity contribution in [3.8, 4) is 0 Å². The van der Waals surface area contributed by atoms with Gasteiger partial charge in [0.2, 0.25) is 0 Å². The average molecular weight is 378 g/mol. The lowest BCUT2D eigenvalue weighted by molar-refractivity contribution is -0.384. The number of rotatable bonds is 8. The van der Waals surface area contributed by atoms with E-state index in [0.29, 0.717) is 24.8 Å². The van der Waals surface area contributed by atoms with Gasteiger partial charge in [-0.15, -0.1) is 0 Å². The van der Waals surface area contributed by atoms with Gasteiger partial charge in [-0.3, -0.25) is 14.9 Å². The number of esters is 1. The topological polar surface area (TPSA) is 81.9 Å². The Labute approximate surface area is 160 Å². The van der Waals surface area contributed by atoms with Crippen LogP contribution in [0.2, 0.25) is 0 Å².